The first kappa shape index (κ1) is 24.8. The number of hydrogen-bond donors (Lipinski definition) is 1. The molecule has 3 heterocycles. The summed E-state index contributed by atoms with van der Waals surface area (Å²) in [5.74, 6) is 1.37. The monoisotopic (exact) mass is 499 g/mol. The summed E-state index contributed by atoms with van der Waals surface area (Å²) in [5, 5.41) is 14.4. The van der Waals surface area contributed by atoms with Crippen molar-refractivity contribution >= 4 is 5.97 Å². The average Bonchev–Trinajstić information content (AvgIpc) is 3.58. The van der Waals surface area contributed by atoms with Crippen LogP contribution in [0, 0.1) is 0 Å². The van der Waals surface area contributed by atoms with E-state index < -0.39 is 5.54 Å². The van der Waals surface area contributed by atoms with Gasteiger partial charge in [0, 0.05) is 30.6 Å². The Balaban J connectivity index is 1.63. The summed E-state index contributed by atoms with van der Waals surface area (Å²) in [6.07, 6.45) is 2.58. The third kappa shape index (κ3) is 4.23. The zero-order valence-electron chi connectivity index (χ0n) is 21.9. The molecule has 4 aromatic rings. The van der Waals surface area contributed by atoms with Crippen molar-refractivity contribution in [1.29, 1.82) is 0 Å². The van der Waals surface area contributed by atoms with Crippen molar-refractivity contribution in [3.05, 3.63) is 65.7 Å². The van der Waals surface area contributed by atoms with Crippen LogP contribution in [0.1, 0.15) is 51.3 Å². The van der Waals surface area contributed by atoms with Crippen LogP contribution in [-0.4, -0.2) is 60.7 Å². The molecule has 9 nitrogen and oxygen atoms in total. The molecule has 2 aromatic carbocycles. The SMILES string of the molecule is CCCc1nc2c(n1-c1ccc(-c3ccccc3-c3nnn[nH]3)cc1)C(C)(C(=O)OCC)N(CC)CC2. The molecule has 1 aliphatic rings. The number of ether oxygens (including phenoxy) is 1. The highest BCUT2D eigenvalue weighted by Crippen LogP contribution is 2.39. The standard InChI is InChI=1S/C28H33N7O2/c1-5-10-24-29-23-17-18-34(6-2)28(4,27(36)37-7-3)25(23)35(24)20-15-13-19(14-16-20)21-11-8-9-12-22(21)26-30-32-33-31-26/h8-9,11-16H,5-7,10,17-18H2,1-4H3,(H,30,31,32,33). The van der Waals surface area contributed by atoms with Gasteiger partial charge in [-0.05, 0) is 60.5 Å². The summed E-state index contributed by atoms with van der Waals surface area (Å²) in [6.45, 7) is 9.93. The molecule has 1 atom stereocenters. The van der Waals surface area contributed by atoms with E-state index in [1.54, 1.807) is 0 Å². The van der Waals surface area contributed by atoms with Crippen LogP contribution in [0.3, 0.4) is 0 Å². The summed E-state index contributed by atoms with van der Waals surface area (Å²) < 4.78 is 7.81. The molecule has 37 heavy (non-hydrogen) atoms. The molecule has 0 radical (unpaired) electrons. The molecular weight excluding hydrogens is 466 g/mol. The van der Waals surface area contributed by atoms with Crippen LogP contribution in [0.15, 0.2) is 48.5 Å². The number of hydrogen-bond acceptors (Lipinski definition) is 7. The van der Waals surface area contributed by atoms with Crippen LogP contribution in [0.4, 0.5) is 0 Å². The van der Waals surface area contributed by atoms with Gasteiger partial charge in [0.05, 0.1) is 18.0 Å². The topological polar surface area (TPSA) is 102 Å². The molecule has 0 bridgehead atoms. The number of aryl methyl sites for hydroxylation is 1. The molecule has 5 rings (SSSR count). The molecule has 0 amide bonds. The summed E-state index contributed by atoms with van der Waals surface area (Å²) in [5.41, 5.74) is 4.97. The predicted molar refractivity (Wildman–Crippen MR) is 141 cm³/mol. The first-order valence-corrected chi connectivity index (χ1v) is 13.0. The van der Waals surface area contributed by atoms with Gasteiger partial charge in [0.25, 0.3) is 0 Å². The van der Waals surface area contributed by atoms with Crippen LogP contribution in [-0.2, 0) is 27.9 Å². The van der Waals surface area contributed by atoms with Gasteiger partial charge >= 0.3 is 5.97 Å². The van der Waals surface area contributed by atoms with Crippen molar-refractivity contribution in [3.63, 3.8) is 0 Å². The number of nitrogens with one attached hydrogen (secondary N) is 1. The molecule has 1 unspecified atom stereocenters. The van der Waals surface area contributed by atoms with Crippen molar-refractivity contribution in [2.24, 2.45) is 0 Å². The molecule has 192 valence electrons. The van der Waals surface area contributed by atoms with Crippen LogP contribution in [0.25, 0.3) is 28.2 Å². The van der Waals surface area contributed by atoms with Gasteiger partial charge in [-0.1, -0.05) is 50.2 Å². The third-order valence-electron chi connectivity index (χ3n) is 7.22. The number of carbonyl (C=O) groups excluding carboxylic acids is 1. The van der Waals surface area contributed by atoms with Crippen molar-refractivity contribution < 1.29 is 9.53 Å². The molecule has 2 aromatic heterocycles. The van der Waals surface area contributed by atoms with Crippen molar-refractivity contribution in [1.82, 2.24) is 35.1 Å². The quantitative estimate of drug-likeness (QED) is 0.360. The van der Waals surface area contributed by atoms with E-state index in [9.17, 15) is 4.79 Å². The second-order valence-electron chi connectivity index (χ2n) is 9.37. The Morgan fingerprint density at radius 2 is 1.84 bits per heavy atom. The van der Waals surface area contributed by atoms with Crippen LogP contribution < -0.4 is 0 Å². The molecule has 0 saturated carbocycles. The first-order chi connectivity index (χ1) is 18.0. The number of likely N-dealkylation sites (N-methyl/N-ethyl adjacent to an activating group) is 1. The maximum Gasteiger partial charge on any atom is 0.332 e. The first-order valence-electron chi connectivity index (χ1n) is 13.0. The number of aromatic amines is 1. The van der Waals surface area contributed by atoms with Gasteiger partial charge < -0.3 is 4.74 Å². The number of rotatable bonds is 8. The Labute approximate surface area is 216 Å². The summed E-state index contributed by atoms with van der Waals surface area (Å²) in [6, 6.07) is 16.4. The lowest BCUT2D eigenvalue weighted by Gasteiger charge is -2.42. The zero-order valence-corrected chi connectivity index (χ0v) is 21.9. The highest BCUT2D eigenvalue weighted by molar-refractivity contribution is 5.83. The van der Waals surface area contributed by atoms with E-state index in [0.29, 0.717) is 12.4 Å². The van der Waals surface area contributed by atoms with Gasteiger partial charge in [0.1, 0.15) is 5.82 Å². The van der Waals surface area contributed by atoms with Gasteiger partial charge in [-0.15, -0.1) is 5.10 Å². The van der Waals surface area contributed by atoms with E-state index in [-0.39, 0.29) is 5.97 Å². The largest absolute Gasteiger partial charge is 0.464 e. The normalized spacial score (nSPS) is 17.5. The smallest absolute Gasteiger partial charge is 0.332 e. The van der Waals surface area contributed by atoms with Gasteiger partial charge in [-0.2, -0.15) is 0 Å². The fourth-order valence-electron chi connectivity index (χ4n) is 5.45. The van der Waals surface area contributed by atoms with Gasteiger partial charge in [-0.25, -0.2) is 14.9 Å². The maximum absolute atomic E-state index is 13.5. The number of fused-ring (bicyclic) bond motifs is 1. The van der Waals surface area contributed by atoms with E-state index in [1.807, 2.05) is 32.0 Å². The number of nitrogens with zero attached hydrogens (tertiary/aromatic N) is 6. The minimum Gasteiger partial charge on any atom is -0.464 e. The Morgan fingerprint density at radius 3 is 2.49 bits per heavy atom. The maximum atomic E-state index is 13.5. The molecule has 1 N–H and O–H groups in total. The Hall–Kier alpha value is -3.85. The van der Waals surface area contributed by atoms with Crippen molar-refractivity contribution in [2.75, 3.05) is 19.7 Å². The third-order valence-corrected chi connectivity index (χ3v) is 7.22. The van der Waals surface area contributed by atoms with E-state index in [4.69, 9.17) is 9.72 Å². The summed E-state index contributed by atoms with van der Waals surface area (Å²) in [4.78, 5) is 20.7. The number of H-pyrrole nitrogens is 1. The van der Waals surface area contributed by atoms with Gasteiger partial charge in [0.15, 0.2) is 11.4 Å². The van der Waals surface area contributed by atoms with E-state index in [0.717, 1.165) is 71.9 Å². The highest BCUT2D eigenvalue weighted by atomic mass is 16.5. The van der Waals surface area contributed by atoms with E-state index in [2.05, 4.69) is 74.3 Å². The number of esters is 1. The molecule has 1 aliphatic heterocycles. The fraction of sp³-hybridized carbons (Fsp3) is 0.393. The second kappa shape index (κ2) is 10.3. The molecule has 0 saturated heterocycles. The Morgan fingerprint density at radius 1 is 1.08 bits per heavy atom. The number of imidazole rings is 1. The molecular formula is C28H33N7O2. The van der Waals surface area contributed by atoms with Crippen LogP contribution in [0.5, 0.6) is 0 Å². The number of benzene rings is 2. The van der Waals surface area contributed by atoms with E-state index in [1.165, 1.54) is 0 Å². The van der Waals surface area contributed by atoms with Gasteiger partial charge in [-0.3, -0.25) is 9.47 Å². The van der Waals surface area contributed by atoms with Crippen LogP contribution in [0.2, 0.25) is 0 Å². The minimum atomic E-state index is -0.915. The molecule has 9 heteroatoms. The average molecular weight is 500 g/mol. The summed E-state index contributed by atoms with van der Waals surface area (Å²) in [7, 11) is 0. The summed E-state index contributed by atoms with van der Waals surface area (Å²) >= 11 is 0. The zero-order chi connectivity index (χ0) is 26.0. The lowest BCUT2D eigenvalue weighted by molar-refractivity contribution is -0.159. The lowest BCUT2D eigenvalue weighted by atomic mass is 9.88. The van der Waals surface area contributed by atoms with E-state index >= 15 is 0 Å². The molecule has 0 spiro atoms. The number of aromatic nitrogens is 6. The van der Waals surface area contributed by atoms with Crippen molar-refractivity contribution in [3.8, 4) is 28.2 Å². The Kier molecular flexibility index (Phi) is 6.88. The second-order valence-corrected chi connectivity index (χ2v) is 9.37. The number of carbonyl (C=O) groups is 1. The minimum absolute atomic E-state index is 0.229. The van der Waals surface area contributed by atoms with Crippen LogP contribution >= 0.6 is 0 Å². The van der Waals surface area contributed by atoms with Gasteiger partial charge in [0.2, 0.25) is 0 Å². The number of tetrazole rings is 1. The highest BCUT2D eigenvalue weighted by Gasteiger charge is 2.49. The molecule has 0 fully saturated rings. The molecule has 0 aliphatic carbocycles. The Bertz CT molecular complexity index is 1380. The van der Waals surface area contributed by atoms with Crippen molar-refractivity contribution in [2.45, 2.75) is 52.5 Å². The fourth-order valence-corrected chi connectivity index (χ4v) is 5.45. The predicted octanol–water partition coefficient (Wildman–Crippen LogP) is 4.33. The lowest BCUT2D eigenvalue weighted by Crippen LogP contribution is -2.55.